The van der Waals surface area contributed by atoms with Crippen LogP contribution in [0.25, 0.3) is 10.9 Å². The van der Waals surface area contributed by atoms with Crippen molar-refractivity contribution in [2.24, 2.45) is 0 Å². The van der Waals surface area contributed by atoms with Crippen LogP contribution in [0.2, 0.25) is 0 Å². The van der Waals surface area contributed by atoms with E-state index in [4.69, 9.17) is 9.62 Å². The largest absolute Gasteiger partial charge is 0.369 e. The van der Waals surface area contributed by atoms with Crippen LogP contribution in [0.5, 0.6) is 0 Å². The van der Waals surface area contributed by atoms with E-state index in [9.17, 15) is 4.79 Å². The maximum Gasteiger partial charge on any atom is 0.295 e. The van der Waals surface area contributed by atoms with Crippen molar-refractivity contribution in [2.75, 3.05) is 31.1 Å². The zero-order valence-corrected chi connectivity index (χ0v) is 21.5. The summed E-state index contributed by atoms with van der Waals surface area (Å²) in [4.78, 5) is 21.7. The summed E-state index contributed by atoms with van der Waals surface area (Å²) < 4.78 is 7.28. The van der Waals surface area contributed by atoms with Gasteiger partial charge in [-0.2, -0.15) is 10.1 Å². The summed E-state index contributed by atoms with van der Waals surface area (Å²) in [5, 5.41) is 9.88. The molecule has 8 nitrogen and oxygen atoms in total. The normalized spacial score (nSPS) is 16.8. The summed E-state index contributed by atoms with van der Waals surface area (Å²) in [5.41, 5.74) is 4.79. The molecule has 2 aromatic carbocycles. The lowest BCUT2D eigenvalue weighted by atomic mass is 10.0. The summed E-state index contributed by atoms with van der Waals surface area (Å²) in [7, 11) is 0. The Morgan fingerprint density at radius 1 is 1.14 bits per heavy atom. The summed E-state index contributed by atoms with van der Waals surface area (Å²) in [5.74, 6) is 0.440. The van der Waals surface area contributed by atoms with Crippen LogP contribution < -0.4 is 4.90 Å². The first-order valence-electron chi connectivity index (χ1n) is 12.8. The quantitative estimate of drug-likeness (QED) is 0.340. The number of benzene rings is 2. The second kappa shape index (κ2) is 10.2. The highest BCUT2D eigenvalue weighted by Crippen LogP contribution is 2.29. The zero-order valence-electron chi connectivity index (χ0n) is 21.5. The smallest absolute Gasteiger partial charge is 0.295 e. The molecule has 1 aliphatic rings. The van der Waals surface area contributed by atoms with Gasteiger partial charge in [-0.15, -0.1) is 0 Å². The number of hydrogen-bond donors (Lipinski definition) is 0. The van der Waals surface area contributed by atoms with Crippen LogP contribution in [0.4, 0.5) is 5.69 Å². The maximum atomic E-state index is 12.9. The van der Waals surface area contributed by atoms with E-state index in [1.807, 2.05) is 6.07 Å². The second-order valence-electron chi connectivity index (χ2n) is 9.87. The van der Waals surface area contributed by atoms with E-state index >= 15 is 0 Å². The predicted octanol–water partition coefficient (Wildman–Crippen LogP) is 4.49. The van der Waals surface area contributed by atoms with Gasteiger partial charge in [0.25, 0.3) is 5.89 Å². The third-order valence-corrected chi connectivity index (χ3v) is 6.99. The van der Waals surface area contributed by atoms with Crippen molar-refractivity contribution in [3.63, 3.8) is 0 Å². The lowest BCUT2D eigenvalue weighted by Gasteiger charge is -2.42. The topological polar surface area (TPSA) is 80.3 Å². The van der Waals surface area contributed by atoms with E-state index in [0.29, 0.717) is 11.9 Å². The van der Waals surface area contributed by atoms with Gasteiger partial charge in [0.15, 0.2) is 5.82 Å². The lowest BCUT2D eigenvalue weighted by molar-refractivity contribution is 0.0833. The third-order valence-electron chi connectivity index (χ3n) is 6.99. The number of ketones is 1. The fourth-order valence-corrected chi connectivity index (χ4v) is 5.12. The van der Waals surface area contributed by atoms with Crippen LogP contribution >= 0.6 is 0 Å². The molecule has 0 amide bonds. The molecule has 3 heterocycles. The number of carbonyl (C=O) groups is 1. The van der Waals surface area contributed by atoms with Crippen molar-refractivity contribution in [3.8, 4) is 0 Å². The molecule has 1 saturated heterocycles. The average molecular weight is 487 g/mol. The Bertz CT molecular complexity index is 1340. The molecule has 0 radical (unpaired) electrons. The van der Waals surface area contributed by atoms with Gasteiger partial charge >= 0.3 is 0 Å². The van der Waals surface area contributed by atoms with E-state index in [0.717, 1.165) is 38.2 Å². The second-order valence-corrected chi connectivity index (χ2v) is 9.87. The SMILES string of the molecule is CCc1nn(C(C)C)c2cc(N3CCN(CC(=O)c4nc(C)no4)[C@@H](Cc4ccccc4)C3)ccc12. The minimum atomic E-state index is -0.128. The first-order chi connectivity index (χ1) is 17.4. The van der Waals surface area contributed by atoms with Gasteiger partial charge in [0.2, 0.25) is 5.78 Å². The molecule has 0 spiro atoms. The van der Waals surface area contributed by atoms with Gasteiger partial charge in [-0.25, -0.2) is 0 Å². The van der Waals surface area contributed by atoms with Crippen molar-refractivity contribution < 1.29 is 9.32 Å². The number of fused-ring (bicyclic) bond motifs is 1. The minimum absolute atomic E-state index is 0.0903. The standard InChI is InChI=1S/C28H34N6O2/c1-5-25-24-12-11-22(16-26(24)34(30-25)19(2)3)32-13-14-33(18-27(35)28-29-20(4)31-36-28)23(17-32)15-21-9-7-6-8-10-21/h6-12,16,19,23H,5,13-15,17-18H2,1-4H3/t23-/m0/s1. The number of nitrogens with zero attached hydrogens (tertiary/aromatic N) is 6. The van der Waals surface area contributed by atoms with Crippen LogP contribution in [0.15, 0.2) is 53.1 Å². The van der Waals surface area contributed by atoms with Crippen molar-refractivity contribution in [2.45, 2.75) is 52.6 Å². The summed E-state index contributed by atoms with van der Waals surface area (Å²) >= 11 is 0. The maximum absolute atomic E-state index is 12.9. The molecule has 1 aliphatic heterocycles. The molecule has 0 bridgehead atoms. The van der Waals surface area contributed by atoms with Gasteiger partial charge in [-0.05, 0) is 57.4 Å². The highest BCUT2D eigenvalue weighted by atomic mass is 16.5. The molecule has 8 heteroatoms. The predicted molar refractivity (Wildman–Crippen MR) is 141 cm³/mol. The number of piperazine rings is 1. The fraction of sp³-hybridized carbons (Fsp3) is 0.429. The molecule has 0 aliphatic carbocycles. The third kappa shape index (κ3) is 4.91. The summed E-state index contributed by atoms with van der Waals surface area (Å²) in [6, 6.07) is 17.7. The molecule has 188 valence electrons. The molecule has 36 heavy (non-hydrogen) atoms. The number of aromatic nitrogens is 4. The fourth-order valence-electron chi connectivity index (χ4n) is 5.12. The highest BCUT2D eigenvalue weighted by Gasteiger charge is 2.30. The van der Waals surface area contributed by atoms with Gasteiger partial charge in [-0.3, -0.25) is 14.4 Å². The van der Waals surface area contributed by atoms with Gasteiger partial charge < -0.3 is 9.42 Å². The minimum Gasteiger partial charge on any atom is -0.369 e. The van der Waals surface area contributed by atoms with E-state index < -0.39 is 0 Å². The Morgan fingerprint density at radius 3 is 2.64 bits per heavy atom. The Morgan fingerprint density at radius 2 is 1.94 bits per heavy atom. The van der Waals surface area contributed by atoms with E-state index in [1.54, 1.807) is 6.92 Å². The van der Waals surface area contributed by atoms with Gasteiger partial charge in [0, 0.05) is 42.8 Å². The highest BCUT2D eigenvalue weighted by molar-refractivity contribution is 5.93. The van der Waals surface area contributed by atoms with Crippen molar-refractivity contribution in [1.82, 2.24) is 24.8 Å². The summed E-state index contributed by atoms with van der Waals surface area (Å²) in [6.07, 6.45) is 1.78. The zero-order chi connectivity index (χ0) is 25.2. The van der Waals surface area contributed by atoms with Crippen LogP contribution in [0.3, 0.4) is 0 Å². The van der Waals surface area contributed by atoms with Crippen molar-refractivity contribution in [3.05, 3.63) is 71.5 Å². The number of Topliss-reactive ketones (excluding diaryl/α,β-unsaturated/α-hetero) is 1. The number of aryl methyl sites for hydroxylation is 2. The Hall–Kier alpha value is -3.52. The number of hydrogen-bond acceptors (Lipinski definition) is 7. The molecule has 5 rings (SSSR count). The first kappa shape index (κ1) is 24.2. The van der Waals surface area contributed by atoms with Crippen LogP contribution in [-0.2, 0) is 12.8 Å². The number of anilines is 1. The molecular weight excluding hydrogens is 452 g/mol. The van der Waals surface area contributed by atoms with E-state index in [2.05, 4.69) is 87.9 Å². The van der Waals surface area contributed by atoms with Gasteiger partial charge in [0.1, 0.15) is 0 Å². The monoisotopic (exact) mass is 486 g/mol. The molecular formula is C28H34N6O2. The Labute approximate surface area is 211 Å². The van der Waals surface area contributed by atoms with Crippen molar-refractivity contribution in [1.29, 1.82) is 0 Å². The summed E-state index contributed by atoms with van der Waals surface area (Å²) in [6.45, 7) is 10.9. The molecule has 4 aromatic rings. The molecule has 2 aromatic heterocycles. The number of rotatable bonds is 8. The number of carbonyl (C=O) groups excluding carboxylic acids is 1. The van der Waals surface area contributed by atoms with Crippen molar-refractivity contribution >= 4 is 22.4 Å². The Kier molecular flexibility index (Phi) is 6.87. The first-order valence-corrected chi connectivity index (χ1v) is 12.8. The van der Waals surface area contributed by atoms with Crippen LogP contribution in [0, 0.1) is 6.92 Å². The molecule has 0 N–H and O–H groups in total. The Balaban J connectivity index is 1.41. The van der Waals surface area contributed by atoms with E-state index in [-0.39, 0.29) is 24.3 Å². The molecule has 1 atom stereocenters. The lowest BCUT2D eigenvalue weighted by Crippen LogP contribution is -2.55. The molecule has 0 saturated carbocycles. The van der Waals surface area contributed by atoms with Gasteiger partial charge in [0.05, 0.1) is 17.8 Å². The molecule has 0 unspecified atom stereocenters. The average Bonchev–Trinajstić information content (AvgIpc) is 3.49. The van der Waals surface area contributed by atoms with E-state index in [1.165, 1.54) is 22.2 Å². The van der Waals surface area contributed by atoms with Crippen LogP contribution in [-0.4, -0.2) is 62.8 Å². The molecule has 1 fully saturated rings. The van der Waals surface area contributed by atoms with Gasteiger partial charge in [-0.1, -0.05) is 42.4 Å². The van der Waals surface area contributed by atoms with Crippen LogP contribution in [0.1, 0.15) is 54.6 Å².